The normalized spacial score (nSPS) is 13.8. The molecule has 118 valence electrons. The van der Waals surface area contributed by atoms with E-state index in [1.54, 1.807) is 0 Å². The second kappa shape index (κ2) is 5.92. The Morgan fingerprint density at radius 3 is 2.38 bits per heavy atom. The highest BCUT2D eigenvalue weighted by atomic mass is 32.2. The van der Waals surface area contributed by atoms with Crippen molar-refractivity contribution in [2.75, 3.05) is 5.75 Å². The van der Waals surface area contributed by atoms with Gasteiger partial charge in [0.2, 0.25) is 0 Å². The number of carboxylic acids is 1. The van der Waals surface area contributed by atoms with Crippen LogP contribution in [0.3, 0.4) is 0 Å². The summed E-state index contributed by atoms with van der Waals surface area (Å²) in [7, 11) is -3.67. The van der Waals surface area contributed by atoms with Crippen molar-refractivity contribution in [3.05, 3.63) is 23.8 Å². The van der Waals surface area contributed by atoms with E-state index in [2.05, 4.69) is 4.74 Å². The summed E-state index contributed by atoms with van der Waals surface area (Å²) in [5.41, 5.74) is -0.638. The Hall–Kier alpha value is -1.77. The molecule has 0 heterocycles. The van der Waals surface area contributed by atoms with Crippen molar-refractivity contribution in [3.8, 4) is 5.75 Å². The molecule has 0 saturated carbocycles. The van der Waals surface area contributed by atoms with Crippen LogP contribution in [0.1, 0.15) is 24.2 Å². The molecule has 0 aliphatic carbocycles. The van der Waals surface area contributed by atoms with Crippen LogP contribution in [0, 0.1) is 0 Å². The summed E-state index contributed by atoms with van der Waals surface area (Å²) in [5, 5.41) is 8.99. The van der Waals surface area contributed by atoms with Gasteiger partial charge in [0.25, 0.3) is 0 Å². The fourth-order valence-electron chi connectivity index (χ4n) is 1.40. The summed E-state index contributed by atoms with van der Waals surface area (Å²) >= 11 is 0. The zero-order valence-corrected chi connectivity index (χ0v) is 12.0. The number of hydrogen-bond acceptors (Lipinski definition) is 4. The molecule has 0 bridgehead atoms. The first-order valence-electron chi connectivity index (χ1n) is 5.82. The van der Waals surface area contributed by atoms with Crippen LogP contribution in [0.2, 0.25) is 0 Å². The van der Waals surface area contributed by atoms with Gasteiger partial charge in [-0.3, -0.25) is 0 Å². The molecule has 1 aromatic rings. The van der Waals surface area contributed by atoms with Gasteiger partial charge in [-0.15, -0.1) is 0 Å². The highest BCUT2D eigenvalue weighted by Gasteiger charge is 2.38. The second-order valence-corrected chi connectivity index (χ2v) is 6.45. The van der Waals surface area contributed by atoms with Gasteiger partial charge in [-0.1, -0.05) is 6.92 Å². The molecule has 0 saturated heterocycles. The lowest BCUT2D eigenvalue weighted by Crippen LogP contribution is -2.31. The predicted octanol–water partition coefficient (Wildman–Crippen LogP) is 2.51. The molecule has 5 nitrogen and oxygen atoms in total. The van der Waals surface area contributed by atoms with E-state index in [1.807, 2.05) is 0 Å². The first-order valence-corrected chi connectivity index (χ1v) is 7.47. The van der Waals surface area contributed by atoms with E-state index in [0.717, 1.165) is 25.1 Å². The van der Waals surface area contributed by atoms with Crippen LogP contribution in [0.5, 0.6) is 5.75 Å². The van der Waals surface area contributed by atoms with Gasteiger partial charge in [0.1, 0.15) is 11.3 Å². The van der Waals surface area contributed by atoms with Gasteiger partial charge >= 0.3 is 12.1 Å². The van der Waals surface area contributed by atoms with E-state index in [1.165, 1.54) is 6.92 Å². The first kappa shape index (κ1) is 17.3. The van der Waals surface area contributed by atoms with Crippen LogP contribution in [0.25, 0.3) is 0 Å². The van der Waals surface area contributed by atoms with Gasteiger partial charge in [0, 0.05) is 0 Å². The Morgan fingerprint density at radius 1 is 1.38 bits per heavy atom. The summed E-state index contributed by atoms with van der Waals surface area (Å²) in [4.78, 5) is 10.8. The van der Waals surface area contributed by atoms with Crippen molar-refractivity contribution in [1.82, 2.24) is 0 Å². The Labute approximate surface area is 119 Å². The molecule has 1 rings (SSSR count). The lowest BCUT2D eigenvalue weighted by atomic mass is 10.2. The van der Waals surface area contributed by atoms with E-state index in [-0.39, 0.29) is 10.6 Å². The number of hydrogen-bond donors (Lipinski definition) is 1. The minimum atomic E-state index is -4.66. The number of rotatable bonds is 5. The molecule has 0 radical (unpaired) electrons. The maximum atomic E-state index is 12.4. The Bertz CT molecular complexity index is 637. The van der Waals surface area contributed by atoms with Gasteiger partial charge in [0.15, 0.2) is 15.9 Å². The number of halogens is 3. The van der Waals surface area contributed by atoms with Gasteiger partial charge in [-0.25, -0.2) is 13.2 Å². The summed E-state index contributed by atoms with van der Waals surface area (Å²) in [6, 6.07) is 2.72. The molecule has 1 unspecified atom stereocenters. The monoisotopic (exact) mass is 326 g/mol. The van der Waals surface area contributed by atoms with E-state index in [9.17, 15) is 26.4 Å². The van der Waals surface area contributed by atoms with Gasteiger partial charge < -0.3 is 9.84 Å². The zero-order valence-electron chi connectivity index (χ0n) is 11.1. The van der Waals surface area contributed by atoms with Crippen LogP contribution in [-0.2, 0) is 9.84 Å². The second-order valence-electron chi connectivity index (χ2n) is 4.17. The molecule has 0 fully saturated rings. The van der Waals surface area contributed by atoms with E-state index >= 15 is 0 Å². The third-order valence-electron chi connectivity index (χ3n) is 2.69. The van der Waals surface area contributed by atoms with Crippen molar-refractivity contribution >= 4 is 15.8 Å². The first-order chi connectivity index (χ1) is 9.49. The number of alkyl halides is 3. The molecule has 1 atom stereocenters. The van der Waals surface area contributed by atoms with Crippen molar-refractivity contribution in [1.29, 1.82) is 0 Å². The molecule has 0 aliphatic heterocycles. The summed E-state index contributed by atoms with van der Waals surface area (Å²) in [6.07, 6.45) is -6.88. The number of carboxylic acid groups (broad SMARTS) is 1. The predicted molar refractivity (Wildman–Crippen MR) is 67.3 cm³/mol. The third kappa shape index (κ3) is 4.10. The third-order valence-corrected chi connectivity index (χ3v) is 4.42. The molecule has 0 aromatic heterocycles. The highest BCUT2D eigenvalue weighted by Crippen LogP contribution is 2.29. The standard InChI is InChI=1S/C12H13F3O5S/c1-3-21(18,19)8-4-5-10(9(6-8)11(16)17)20-7(2)12(13,14)15/h4-7H,3H2,1-2H3,(H,16,17). The molecule has 1 aromatic carbocycles. The SMILES string of the molecule is CCS(=O)(=O)c1ccc(OC(C)C(F)(F)F)c(C(=O)O)c1. The van der Waals surface area contributed by atoms with E-state index < -0.39 is 39.4 Å². The van der Waals surface area contributed by atoms with Crippen LogP contribution in [0.15, 0.2) is 23.1 Å². The molecule has 1 N–H and O–H groups in total. The van der Waals surface area contributed by atoms with Gasteiger partial charge in [0.05, 0.1) is 10.6 Å². The average Bonchev–Trinajstić information content (AvgIpc) is 2.37. The van der Waals surface area contributed by atoms with Crippen LogP contribution in [-0.4, -0.2) is 37.5 Å². The van der Waals surface area contributed by atoms with Crippen molar-refractivity contribution in [2.24, 2.45) is 0 Å². The van der Waals surface area contributed by atoms with E-state index in [0.29, 0.717) is 0 Å². The maximum absolute atomic E-state index is 12.4. The maximum Gasteiger partial charge on any atom is 0.425 e. The quantitative estimate of drug-likeness (QED) is 0.899. The van der Waals surface area contributed by atoms with Crippen LogP contribution >= 0.6 is 0 Å². The Balaban J connectivity index is 3.27. The molecule has 21 heavy (non-hydrogen) atoms. The van der Waals surface area contributed by atoms with Crippen molar-refractivity contribution in [2.45, 2.75) is 31.0 Å². The molecular weight excluding hydrogens is 313 g/mol. The van der Waals surface area contributed by atoms with Crippen LogP contribution in [0.4, 0.5) is 13.2 Å². The fraction of sp³-hybridized carbons (Fsp3) is 0.417. The molecular formula is C12H13F3O5S. The number of benzene rings is 1. The highest BCUT2D eigenvalue weighted by molar-refractivity contribution is 7.91. The summed E-state index contributed by atoms with van der Waals surface area (Å²) < 4.78 is 65.1. The molecule has 9 heteroatoms. The summed E-state index contributed by atoms with van der Waals surface area (Å²) in [6.45, 7) is 2.09. The average molecular weight is 326 g/mol. The largest absolute Gasteiger partial charge is 0.480 e. The minimum Gasteiger partial charge on any atom is -0.480 e. The smallest absolute Gasteiger partial charge is 0.425 e. The number of aromatic carboxylic acids is 1. The van der Waals surface area contributed by atoms with Gasteiger partial charge in [-0.2, -0.15) is 13.2 Å². The number of sulfone groups is 1. The Kier molecular flexibility index (Phi) is 4.87. The molecule has 0 amide bonds. The number of ether oxygens (including phenoxy) is 1. The van der Waals surface area contributed by atoms with Crippen LogP contribution < -0.4 is 4.74 Å². The summed E-state index contributed by atoms with van der Waals surface area (Å²) in [5.74, 6) is -2.37. The Morgan fingerprint density at radius 2 is 1.95 bits per heavy atom. The zero-order chi connectivity index (χ0) is 16.4. The lowest BCUT2D eigenvalue weighted by molar-refractivity contribution is -0.189. The molecule has 0 aliphatic rings. The number of carbonyl (C=O) groups is 1. The lowest BCUT2D eigenvalue weighted by Gasteiger charge is -2.19. The van der Waals surface area contributed by atoms with Gasteiger partial charge in [-0.05, 0) is 25.1 Å². The van der Waals surface area contributed by atoms with Crippen molar-refractivity contribution in [3.63, 3.8) is 0 Å². The fourth-order valence-corrected chi connectivity index (χ4v) is 2.30. The van der Waals surface area contributed by atoms with Crippen molar-refractivity contribution < 1.29 is 36.2 Å². The molecule has 0 spiro atoms. The van der Waals surface area contributed by atoms with E-state index in [4.69, 9.17) is 5.11 Å². The minimum absolute atomic E-state index is 0.259. The topological polar surface area (TPSA) is 80.7 Å².